The van der Waals surface area contributed by atoms with Crippen LogP contribution < -0.4 is 10.6 Å². The number of nitrogens with zero attached hydrogens (tertiary/aromatic N) is 2. The highest BCUT2D eigenvalue weighted by Gasteiger charge is 2.07. The molecule has 0 aliphatic heterocycles. The number of halogens is 1. The molecule has 0 aliphatic carbocycles. The topological polar surface area (TPSA) is 66.9 Å². The number of nitrogens with one attached hydrogen (secondary N) is 2. The lowest BCUT2D eigenvalue weighted by molar-refractivity contribution is 0.0950. The van der Waals surface area contributed by atoms with Crippen LogP contribution in [-0.4, -0.2) is 22.4 Å². The third kappa shape index (κ3) is 5.29. The lowest BCUT2D eigenvalue weighted by Crippen LogP contribution is -2.23. The third-order valence-corrected chi connectivity index (χ3v) is 4.07. The minimum absolute atomic E-state index is 0.193. The monoisotopic (exact) mass is 366 g/mol. The lowest BCUT2D eigenvalue weighted by Gasteiger charge is -2.07. The molecule has 0 bridgehead atoms. The van der Waals surface area contributed by atoms with Gasteiger partial charge in [-0.2, -0.15) is 0 Å². The molecule has 1 aromatic heterocycles. The van der Waals surface area contributed by atoms with Gasteiger partial charge in [0.1, 0.15) is 0 Å². The summed E-state index contributed by atoms with van der Waals surface area (Å²) in [6, 6.07) is 17.5. The predicted octanol–water partition coefficient (Wildman–Crippen LogP) is 3.71. The number of rotatable bonds is 7. The maximum absolute atomic E-state index is 12.1. The SMILES string of the molecule is O=C(NCc1ccccc1)c1cnc(NCCc2ccc(Cl)cc2)nc1. The molecule has 0 saturated heterocycles. The van der Waals surface area contributed by atoms with Crippen molar-refractivity contribution in [2.45, 2.75) is 13.0 Å². The molecule has 0 radical (unpaired) electrons. The standard InChI is InChI=1S/C20H19ClN4O/c21-18-8-6-15(7-9-18)10-11-22-20-24-13-17(14-25-20)19(26)23-12-16-4-2-1-3-5-16/h1-9,13-14H,10-12H2,(H,23,26)(H,22,24,25). The van der Waals surface area contributed by atoms with Crippen molar-refractivity contribution in [3.63, 3.8) is 0 Å². The minimum atomic E-state index is -0.193. The first-order chi connectivity index (χ1) is 12.7. The van der Waals surface area contributed by atoms with Crippen LogP contribution in [0.4, 0.5) is 5.95 Å². The van der Waals surface area contributed by atoms with Crippen molar-refractivity contribution in [2.24, 2.45) is 0 Å². The van der Waals surface area contributed by atoms with Gasteiger partial charge in [0.05, 0.1) is 5.56 Å². The van der Waals surface area contributed by atoms with Gasteiger partial charge in [-0.3, -0.25) is 4.79 Å². The summed E-state index contributed by atoms with van der Waals surface area (Å²) in [4.78, 5) is 20.5. The Balaban J connectivity index is 1.46. The Morgan fingerprint density at radius 2 is 1.62 bits per heavy atom. The van der Waals surface area contributed by atoms with Gasteiger partial charge in [-0.25, -0.2) is 9.97 Å². The average Bonchev–Trinajstić information content (AvgIpc) is 2.69. The van der Waals surface area contributed by atoms with Gasteiger partial charge in [0.25, 0.3) is 5.91 Å². The molecule has 3 rings (SSSR count). The summed E-state index contributed by atoms with van der Waals surface area (Å²) >= 11 is 5.87. The molecule has 0 saturated carbocycles. The van der Waals surface area contributed by atoms with Crippen LogP contribution in [0.3, 0.4) is 0 Å². The zero-order chi connectivity index (χ0) is 18.2. The third-order valence-electron chi connectivity index (χ3n) is 3.82. The Labute approximate surface area is 157 Å². The highest BCUT2D eigenvalue weighted by molar-refractivity contribution is 6.30. The molecule has 2 N–H and O–H groups in total. The number of benzene rings is 2. The Morgan fingerprint density at radius 1 is 0.923 bits per heavy atom. The van der Waals surface area contributed by atoms with E-state index in [9.17, 15) is 4.79 Å². The summed E-state index contributed by atoms with van der Waals surface area (Å²) in [5.74, 6) is 0.306. The van der Waals surface area contributed by atoms with Gasteiger partial charge < -0.3 is 10.6 Å². The normalized spacial score (nSPS) is 10.3. The molecule has 6 heteroatoms. The number of anilines is 1. The molecule has 2 aromatic carbocycles. The molecule has 1 amide bonds. The summed E-state index contributed by atoms with van der Waals surface area (Å²) < 4.78 is 0. The van der Waals surface area contributed by atoms with E-state index in [-0.39, 0.29) is 5.91 Å². The van der Waals surface area contributed by atoms with Gasteiger partial charge in [-0.05, 0) is 29.7 Å². The summed E-state index contributed by atoms with van der Waals surface area (Å²) in [6.45, 7) is 1.17. The van der Waals surface area contributed by atoms with Gasteiger partial charge >= 0.3 is 0 Å². The number of amides is 1. The molecule has 0 spiro atoms. The Hall–Kier alpha value is -2.92. The first-order valence-electron chi connectivity index (χ1n) is 8.33. The molecule has 5 nitrogen and oxygen atoms in total. The molecule has 0 unspecified atom stereocenters. The van der Waals surface area contributed by atoms with Crippen molar-refractivity contribution < 1.29 is 4.79 Å². The summed E-state index contributed by atoms with van der Waals surface area (Å²) in [5.41, 5.74) is 2.66. The number of aromatic nitrogens is 2. The smallest absolute Gasteiger partial charge is 0.254 e. The van der Waals surface area contributed by atoms with Crippen LogP contribution >= 0.6 is 11.6 Å². The fraction of sp³-hybridized carbons (Fsp3) is 0.150. The predicted molar refractivity (Wildman–Crippen MR) is 103 cm³/mol. The van der Waals surface area contributed by atoms with Crippen molar-refractivity contribution >= 4 is 23.5 Å². The highest BCUT2D eigenvalue weighted by Crippen LogP contribution is 2.10. The van der Waals surface area contributed by atoms with Crippen LogP contribution in [0.5, 0.6) is 0 Å². The van der Waals surface area contributed by atoms with Crippen LogP contribution in [0.2, 0.25) is 5.02 Å². The van der Waals surface area contributed by atoms with Crippen molar-refractivity contribution in [3.8, 4) is 0 Å². The van der Waals surface area contributed by atoms with E-state index in [1.807, 2.05) is 54.6 Å². The molecule has 0 fully saturated rings. The van der Waals surface area contributed by atoms with E-state index >= 15 is 0 Å². The Morgan fingerprint density at radius 3 is 2.31 bits per heavy atom. The lowest BCUT2D eigenvalue weighted by atomic mass is 10.1. The van der Waals surface area contributed by atoms with E-state index in [4.69, 9.17) is 11.6 Å². The Kier molecular flexibility index (Phi) is 6.17. The van der Waals surface area contributed by atoms with Gasteiger partial charge in [0, 0.05) is 30.5 Å². The van der Waals surface area contributed by atoms with Crippen molar-refractivity contribution in [3.05, 3.63) is 88.7 Å². The van der Waals surface area contributed by atoms with E-state index in [0.29, 0.717) is 24.6 Å². The summed E-state index contributed by atoms with van der Waals surface area (Å²) in [6.07, 6.45) is 3.88. The van der Waals surface area contributed by atoms with Gasteiger partial charge in [-0.15, -0.1) is 0 Å². The van der Waals surface area contributed by atoms with Gasteiger partial charge in [0.15, 0.2) is 0 Å². The average molecular weight is 367 g/mol. The van der Waals surface area contributed by atoms with Crippen LogP contribution in [-0.2, 0) is 13.0 Å². The van der Waals surface area contributed by atoms with E-state index in [1.54, 1.807) is 0 Å². The second-order valence-electron chi connectivity index (χ2n) is 5.77. The highest BCUT2D eigenvalue weighted by atomic mass is 35.5. The first kappa shape index (κ1) is 17.9. The van der Waals surface area contributed by atoms with Crippen molar-refractivity contribution in [1.82, 2.24) is 15.3 Å². The largest absolute Gasteiger partial charge is 0.354 e. The molecule has 0 atom stereocenters. The zero-order valence-electron chi connectivity index (χ0n) is 14.2. The Bertz CT molecular complexity index is 836. The van der Waals surface area contributed by atoms with Crippen LogP contribution in [0.25, 0.3) is 0 Å². The fourth-order valence-corrected chi connectivity index (χ4v) is 2.51. The zero-order valence-corrected chi connectivity index (χ0v) is 14.9. The number of carbonyl (C=O) groups excluding carboxylic acids is 1. The molecule has 132 valence electrons. The molecular formula is C20H19ClN4O. The maximum atomic E-state index is 12.1. The van der Waals surface area contributed by atoms with Crippen LogP contribution in [0.15, 0.2) is 67.0 Å². The molecular weight excluding hydrogens is 348 g/mol. The molecule has 26 heavy (non-hydrogen) atoms. The van der Waals surface area contributed by atoms with Crippen LogP contribution in [0, 0.1) is 0 Å². The minimum Gasteiger partial charge on any atom is -0.354 e. The van der Waals surface area contributed by atoms with E-state index in [2.05, 4.69) is 20.6 Å². The second kappa shape index (κ2) is 8.97. The first-order valence-corrected chi connectivity index (χ1v) is 8.71. The fourth-order valence-electron chi connectivity index (χ4n) is 2.39. The van der Waals surface area contributed by atoms with Crippen molar-refractivity contribution in [2.75, 3.05) is 11.9 Å². The quantitative estimate of drug-likeness (QED) is 0.668. The second-order valence-corrected chi connectivity index (χ2v) is 6.20. The van der Waals surface area contributed by atoms with E-state index in [0.717, 1.165) is 17.0 Å². The van der Waals surface area contributed by atoms with E-state index in [1.165, 1.54) is 18.0 Å². The van der Waals surface area contributed by atoms with Crippen molar-refractivity contribution in [1.29, 1.82) is 0 Å². The van der Waals surface area contributed by atoms with Gasteiger partial charge in [-0.1, -0.05) is 54.1 Å². The number of hydrogen-bond donors (Lipinski definition) is 2. The molecule has 0 aliphatic rings. The van der Waals surface area contributed by atoms with Crippen LogP contribution in [0.1, 0.15) is 21.5 Å². The summed E-state index contributed by atoms with van der Waals surface area (Å²) in [5, 5.41) is 6.73. The molecule has 1 heterocycles. The number of carbonyl (C=O) groups is 1. The maximum Gasteiger partial charge on any atom is 0.254 e. The van der Waals surface area contributed by atoms with E-state index < -0.39 is 0 Å². The number of hydrogen-bond acceptors (Lipinski definition) is 4. The van der Waals surface area contributed by atoms with Gasteiger partial charge in [0.2, 0.25) is 5.95 Å². The summed E-state index contributed by atoms with van der Waals surface area (Å²) in [7, 11) is 0. The molecule has 3 aromatic rings.